The number of amides is 4. The molecule has 136 valence electrons. The monoisotopic (exact) mass is 349 g/mol. The van der Waals surface area contributed by atoms with Gasteiger partial charge >= 0.3 is 6.03 Å². The third-order valence-corrected chi connectivity index (χ3v) is 3.77. The minimum atomic E-state index is -0.307. The number of benzene rings is 1. The van der Waals surface area contributed by atoms with E-state index in [-0.39, 0.29) is 37.4 Å². The Hall–Kier alpha value is -2.77. The van der Waals surface area contributed by atoms with Crippen molar-refractivity contribution >= 4 is 17.8 Å². The number of likely N-dealkylation sites (N-methyl/N-ethyl adjacent to an activating group) is 1. The zero-order valence-electron chi connectivity index (χ0n) is 14.5. The molecule has 8 heteroatoms. The van der Waals surface area contributed by atoms with Crippen LogP contribution in [-0.4, -0.2) is 68.0 Å². The van der Waals surface area contributed by atoms with Crippen LogP contribution in [0.15, 0.2) is 24.3 Å². The van der Waals surface area contributed by atoms with Crippen molar-refractivity contribution in [2.24, 2.45) is 0 Å². The van der Waals surface area contributed by atoms with Crippen molar-refractivity contribution in [1.29, 1.82) is 0 Å². The number of ether oxygens (including phenoxy) is 2. The molecule has 0 aliphatic carbocycles. The minimum absolute atomic E-state index is 0.105. The van der Waals surface area contributed by atoms with Gasteiger partial charge in [-0.1, -0.05) is 0 Å². The highest BCUT2D eigenvalue weighted by atomic mass is 16.5. The predicted molar refractivity (Wildman–Crippen MR) is 90.5 cm³/mol. The number of imide groups is 1. The minimum Gasteiger partial charge on any atom is -0.497 e. The van der Waals surface area contributed by atoms with Crippen molar-refractivity contribution in [1.82, 2.24) is 15.1 Å². The van der Waals surface area contributed by atoms with Gasteiger partial charge in [0.25, 0.3) is 0 Å². The Balaban J connectivity index is 1.58. The Bertz CT molecular complexity index is 617. The van der Waals surface area contributed by atoms with Gasteiger partial charge in [0, 0.05) is 20.0 Å². The Morgan fingerprint density at radius 3 is 2.48 bits per heavy atom. The molecule has 0 unspecified atom stereocenters. The van der Waals surface area contributed by atoms with Gasteiger partial charge in [-0.2, -0.15) is 0 Å². The number of urea groups is 1. The maximum Gasteiger partial charge on any atom is 0.326 e. The molecule has 2 rings (SSSR count). The van der Waals surface area contributed by atoms with Gasteiger partial charge in [0.15, 0.2) is 0 Å². The first-order valence-corrected chi connectivity index (χ1v) is 8.10. The summed E-state index contributed by atoms with van der Waals surface area (Å²) in [6.45, 7) is 1.10. The second-order valence-electron chi connectivity index (χ2n) is 5.66. The molecule has 1 aromatic carbocycles. The number of rotatable bonds is 9. The van der Waals surface area contributed by atoms with Gasteiger partial charge in [-0.3, -0.25) is 14.5 Å². The summed E-state index contributed by atoms with van der Waals surface area (Å²) in [4.78, 5) is 37.6. The lowest BCUT2D eigenvalue weighted by molar-refractivity contribution is -0.126. The molecule has 0 spiro atoms. The van der Waals surface area contributed by atoms with E-state index in [0.29, 0.717) is 25.3 Å². The fraction of sp³-hybridized carbons (Fsp3) is 0.471. The largest absolute Gasteiger partial charge is 0.497 e. The zero-order chi connectivity index (χ0) is 18.2. The van der Waals surface area contributed by atoms with Crippen molar-refractivity contribution < 1.29 is 23.9 Å². The van der Waals surface area contributed by atoms with E-state index < -0.39 is 0 Å². The van der Waals surface area contributed by atoms with E-state index >= 15 is 0 Å². The first-order valence-electron chi connectivity index (χ1n) is 8.10. The average molecular weight is 349 g/mol. The van der Waals surface area contributed by atoms with E-state index in [1.54, 1.807) is 38.4 Å². The molecule has 1 aliphatic rings. The standard InChI is InChI=1S/C17H23N3O5/c1-19-12-16(22)20(17(19)23)10-3-4-15(21)18-9-11-25-14-7-5-13(24-2)6-8-14/h5-8H,3-4,9-12H2,1-2H3,(H,18,21). The highest BCUT2D eigenvalue weighted by Crippen LogP contribution is 2.16. The lowest BCUT2D eigenvalue weighted by atomic mass is 10.3. The van der Waals surface area contributed by atoms with E-state index in [1.807, 2.05) is 0 Å². The first kappa shape index (κ1) is 18.6. The second-order valence-corrected chi connectivity index (χ2v) is 5.66. The molecule has 0 atom stereocenters. The average Bonchev–Trinajstić information content (AvgIpc) is 2.85. The fourth-order valence-corrected chi connectivity index (χ4v) is 2.41. The smallest absolute Gasteiger partial charge is 0.326 e. The third-order valence-electron chi connectivity index (χ3n) is 3.77. The molecular formula is C17H23N3O5. The van der Waals surface area contributed by atoms with Crippen molar-refractivity contribution in [2.45, 2.75) is 12.8 Å². The summed E-state index contributed by atoms with van der Waals surface area (Å²) in [5.41, 5.74) is 0. The summed E-state index contributed by atoms with van der Waals surface area (Å²) in [7, 11) is 3.18. The van der Waals surface area contributed by atoms with Crippen molar-refractivity contribution in [2.75, 3.05) is 40.4 Å². The van der Waals surface area contributed by atoms with Gasteiger partial charge in [0.05, 0.1) is 13.7 Å². The number of hydrogen-bond acceptors (Lipinski definition) is 5. The summed E-state index contributed by atoms with van der Waals surface area (Å²) >= 11 is 0. The van der Waals surface area contributed by atoms with Crippen molar-refractivity contribution in [3.63, 3.8) is 0 Å². The normalized spacial score (nSPS) is 14.0. The van der Waals surface area contributed by atoms with Crippen LogP contribution >= 0.6 is 0 Å². The fourth-order valence-electron chi connectivity index (χ4n) is 2.41. The van der Waals surface area contributed by atoms with Crippen LogP contribution in [0.25, 0.3) is 0 Å². The van der Waals surface area contributed by atoms with Crippen LogP contribution in [0.4, 0.5) is 4.79 Å². The molecule has 4 amide bonds. The highest BCUT2D eigenvalue weighted by Gasteiger charge is 2.32. The number of methoxy groups -OCH3 is 1. The maximum atomic E-state index is 11.8. The molecular weight excluding hydrogens is 326 g/mol. The summed E-state index contributed by atoms with van der Waals surface area (Å²) in [6, 6.07) is 6.88. The van der Waals surface area contributed by atoms with Gasteiger partial charge in [-0.05, 0) is 30.7 Å². The van der Waals surface area contributed by atoms with Crippen LogP contribution in [0.5, 0.6) is 11.5 Å². The van der Waals surface area contributed by atoms with E-state index in [1.165, 1.54) is 9.80 Å². The number of nitrogens with zero attached hydrogens (tertiary/aromatic N) is 2. The first-order chi connectivity index (χ1) is 12.0. The molecule has 1 saturated heterocycles. The maximum absolute atomic E-state index is 11.8. The Kier molecular flexibility index (Phi) is 6.62. The van der Waals surface area contributed by atoms with Crippen LogP contribution in [0.1, 0.15) is 12.8 Å². The molecule has 1 aliphatic heterocycles. The van der Waals surface area contributed by atoms with E-state index in [0.717, 1.165) is 5.75 Å². The molecule has 8 nitrogen and oxygen atoms in total. The molecule has 1 fully saturated rings. The predicted octanol–water partition coefficient (Wildman–Crippen LogP) is 0.864. The van der Waals surface area contributed by atoms with Crippen molar-refractivity contribution in [3.8, 4) is 11.5 Å². The SMILES string of the molecule is COc1ccc(OCCNC(=O)CCCN2C(=O)CN(C)C2=O)cc1. The molecule has 0 bridgehead atoms. The van der Waals surface area contributed by atoms with Gasteiger partial charge in [-0.25, -0.2) is 4.79 Å². The summed E-state index contributed by atoms with van der Waals surface area (Å²) in [5, 5.41) is 2.74. The number of hydrogen-bond donors (Lipinski definition) is 1. The topological polar surface area (TPSA) is 88.2 Å². The van der Waals surface area contributed by atoms with E-state index in [9.17, 15) is 14.4 Å². The lowest BCUT2D eigenvalue weighted by Crippen LogP contribution is -2.34. The summed E-state index contributed by atoms with van der Waals surface area (Å²) in [5.74, 6) is 1.10. The van der Waals surface area contributed by atoms with E-state index in [2.05, 4.69) is 5.32 Å². The molecule has 0 radical (unpaired) electrons. The number of nitrogens with one attached hydrogen (secondary N) is 1. The molecule has 1 N–H and O–H groups in total. The Labute approximate surface area is 146 Å². The Morgan fingerprint density at radius 2 is 1.88 bits per heavy atom. The number of carbonyl (C=O) groups excluding carboxylic acids is 3. The molecule has 0 aromatic heterocycles. The van der Waals surface area contributed by atoms with Gasteiger partial charge in [0.2, 0.25) is 11.8 Å². The van der Waals surface area contributed by atoms with Gasteiger partial charge < -0.3 is 19.7 Å². The third kappa shape index (κ3) is 5.37. The van der Waals surface area contributed by atoms with Gasteiger partial charge in [-0.15, -0.1) is 0 Å². The van der Waals surface area contributed by atoms with Crippen LogP contribution in [0, 0.1) is 0 Å². The van der Waals surface area contributed by atoms with Crippen LogP contribution in [-0.2, 0) is 9.59 Å². The second kappa shape index (κ2) is 8.91. The van der Waals surface area contributed by atoms with Crippen LogP contribution in [0.2, 0.25) is 0 Å². The zero-order valence-corrected chi connectivity index (χ0v) is 14.5. The molecule has 1 heterocycles. The lowest BCUT2D eigenvalue weighted by Gasteiger charge is -2.13. The molecule has 25 heavy (non-hydrogen) atoms. The number of carbonyl (C=O) groups is 3. The summed E-state index contributed by atoms with van der Waals surface area (Å²) in [6.07, 6.45) is 0.694. The Morgan fingerprint density at radius 1 is 1.20 bits per heavy atom. The molecule has 1 aromatic rings. The van der Waals surface area contributed by atoms with E-state index in [4.69, 9.17) is 9.47 Å². The summed E-state index contributed by atoms with van der Waals surface area (Å²) < 4.78 is 10.6. The van der Waals surface area contributed by atoms with Gasteiger partial charge in [0.1, 0.15) is 24.7 Å². The van der Waals surface area contributed by atoms with Crippen molar-refractivity contribution in [3.05, 3.63) is 24.3 Å². The van der Waals surface area contributed by atoms with Crippen LogP contribution < -0.4 is 14.8 Å². The highest BCUT2D eigenvalue weighted by molar-refractivity contribution is 6.01. The van der Waals surface area contributed by atoms with Crippen LogP contribution in [0.3, 0.4) is 0 Å². The quantitative estimate of drug-likeness (QED) is 0.528. The molecule has 0 saturated carbocycles.